The normalized spacial score (nSPS) is 29.6. The minimum atomic E-state index is -1.71. The van der Waals surface area contributed by atoms with Gasteiger partial charge >= 0.3 is 11.9 Å². The van der Waals surface area contributed by atoms with Crippen LogP contribution in [0.5, 0.6) is 5.75 Å². The van der Waals surface area contributed by atoms with E-state index in [4.69, 9.17) is 9.47 Å². The predicted molar refractivity (Wildman–Crippen MR) is 77.1 cm³/mol. The van der Waals surface area contributed by atoms with Gasteiger partial charge in [0.15, 0.2) is 6.10 Å². The Bertz CT molecular complexity index is 602. The minimum absolute atomic E-state index is 0.0144. The van der Waals surface area contributed by atoms with Gasteiger partial charge in [-0.05, 0) is 12.1 Å². The van der Waals surface area contributed by atoms with Crippen molar-refractivity contribution in [1.82, 2.24) is 0 Å². The maximum atomic E-state index is 11.7. The highest BCUT2D eigenvalue weighted by Gasteiger charge is 2.48. The van der Waals surface area contributed by atoms with E-state index in [-0.39, 0.29) is 11.3 Å². The first-order valence-corrected chi connectivity index (χ1v) is 7.02. The van der Waals surface area contributed by atoms with Crippen LogP contribution in [-0.4, -0.2) is 72.2 Å². The van der Waals surface area contributed by atoms with Gasteiger partial charge < -0.3 is 34.3 Å². The van der Waals surface area contributed by atoms with Crippen molar-refractivity contribution in [1.29, 1.82) is 0 Å². The summed E-state index contributed by atoms with van der Waals surface area (Å²) in [4.78, 5) is 23.3. The lowest BCUT2D eigenvalue weighted by Gasteiger charge is -2.38. The van der Waals surface area contributed by atoms with E-state index in [1.165, 1.54) is 19.2 Å². The fraction of sp³-hybridized carbons (Fsp3) is 0.467. The van der Waals surface area contributed by atoms with Crippen LogP contribution in [0.4, 0.5) is 0 Å². The summed E-state index contributed by atoms with van der Waals surface area (Å²) in [7, 11) is 2.27. The van der Waals surface area contributed by atoms with E-state index in [0.717, 1.165) is 7.11 Å². The molecule has 1 aliphatic heterocycles. The molecule has 0 spiro atoms. The van der Waals surface area contributed by atoms with Crippen LogP contribution in [0, 0.1) is 0 Å². The first-order chi connectivity index (χ1) is 11.4. The molecule has 1 aliphatic rings. The number of hydrogen-bond donors (Lipinski definition) is 3. The Hall–Kier alpha value is -2.20. The zero-order valence-corrected chi connectivity index (χ0v) is 13.0. The average Bonchev–Trinajstić information content (AvgIpc) is 2.61. The summed E-state index contributed by atoms with van der Waals surface area (Å²) in [5, 5.41) is 29.7. The first kappa shape index (κ1) is 18.1. The standard InChI is InChI=1S/C15H18O9/c1-21-13(19)7-5-3-4-6-8(7)23-15-11(18)9(16)10(17)12(24-15)14(20)22-2/h3-6,9-12,15-18H,1-2H3/t9?,10-,11?,12?,15+/m0/s1. The SMILES string of the molecule is COC(=O)c1ccccc1O[C@@H]1OC(C(=O)OC)[C@@H](O)C(O)C1O. The summed E-state index contributed by atoms with van der Waals surface area (Å²) in [6.07, 6.45) is -8.13. The van der Waals surface area contributed by atoms with Crippen molar-refractivity contribution >= 4 is 11.9 Å². The molecule has 3 unspecified atom stereocenters. The number of ether oxygens (including phenoxy) is 4. The monoisotopic (exact) mass is 342 g/mol. The minimum Gasteiger partial charge on any atom is -0.467 e. The van der Waals surface area contributed by atoms with Crippen LogP contribution in [-0.2, 0) is 19.0 Å². The van der Waals surface area contributed by atoms with E-state index < -0.39 is 42.6 Å². The van der Waals surface area contributed by atoms with Crippen LogP contribution >= 0.6 is 0 Å². The number of benzene rings is 1. The molecule has 132 valence electrons. The maximum Gasteiger partial charge on any atom is 0.341 e. The lowest BCUT2D eigenvalue weighted by molar-refractivity contribution is -0.271. The molecule has 0 saturated carbocycles. The van der Waals surface area contributed by atoms with Crippen molar-refractivity contribution in [3.63, 3.8) is 0 Å². The van der Waals surface area contributed by atoms with Crippen molar-refractivity contribution in [2.45, 2.75) is 30.7 Å². The molecule has 1 heterocycles. The van der Waals surface area contributed by atoms with E-state index in [1.807, 2.05) is 0 Å². The topological polar surface area (TPSA) is 132 Å². The molecule has 0 aliphatic carbocycles. The third kappa shape index (κ3) is 3.49. The summed E-state index contributed by atoms with van der Waals surface area (Å²) < 4.78 is 19.7. The first-order valence-electron chi connectivity index (χ1n) is 7.02. The van der Waals surface area contributed by atoms with Crippen LogP contribution in [0.2, 0.25) is 0 Å². The molecule has 1 aromatic carbocycles. The van der Waals surface area contributed by atoms with Gasteiger partial charge in [0.05, 0.1) is 14.2 Å². The molecular formula is C15H18O9. The van der Waals surface area contributed by atoms with Crippen LogP contribution < -0.4 is 4.74 Å². The van der Waals surface area contributed by atoms with Crippen LogP contribution in [0.15, 0.2) is 24.3 Å². The van der Waals surface area contributed by atoms with E-state index >= 15 is 0 Å². The molecule has 9 heteroatoms. The zero-order chi connectivity index (χ0) is 17.9. The smallest absolute Gasteiger partial charge is 0.341 e. The summed E-state index contributed by atoms with van der Waals surface area (Å²) in [6.45, 7) is 0. The molecule has 24 heavy (non-hydrogen) atoms. The van der Waals surface area contributed by atoms with E-state index in [2.05, 4.69) is 9.47 Å². The third-order valence-electron chi connectivity index (χ3n) is 3.54. The molecule has 0 radical (unpaired) electrons. The quantitative estimate of drug-likeness (QED) is 0.579. The Morgan fingerprint density at radius 2 is 1.67 bits per heavy atom. The highest BCUT2D eigenvalue weighted by atomic mass is 16.7. The van der Waals surface area contributed by atoms with Gasteiger partial charge in [0.25, 0.3) is 0 Å². The Balaban J connectivity index is 2.25. The van der Waals surface area contributed by atoms with Crippen LogP contribution in [0.3, 0.4) is 0 Å². The van der Waals surface area contributed by atoms with Crippen molar-refractivity contribution in [3.05, 3.63) is 29.8 Å². The van der Waals surface area contributed by atoms with E-state index in [9.17, 15) is 24.9 Å². The number of hydrogen-bond acceptors (Lipinski definition) is 9. The lowest BCUT2D eigenvalue weighted by atomic mass is 9.99. The number of esters is 2. The average molecular weight is 342 g/mol. The molecule has 1 saturated heterocycles. The van der Waals surface area contributed by atoms with Crippen molar-refractivity contribution in [2.75, 3.05) is 14.2 Å². The van der Waals surface area contributed by atoms with Gasteiger partial charge in [-0.25, -0.2) is 9.59 Å². The predicted octanol–water partition coefficient (Wildman–Crippen LogP) is -1.17. The number of methoxy groups -OCH3 is 2. The molecule has 0 amide bonds. The molecule has 2 rings (SSSR count). The Morgan fingerprint density at radius 3 is 2.29 bits per heavy atom. The van der Waals surface area contributed by atoms with Gasteiger partial charge in [-0.2, -0.15) is 0 Å². The molecule has 1 aromatic rings. The largest absolute Gasteiger partial charge is 0.467 e. The number of para-hydroxylation sites is 1. The van der Waals surface area contributed by atoms with Gasteiger partial charge in [0.2, 0.25) is 6.29 Å². The molecule has 3 N–H and O–H groups in total. The van der Waals surface area contributed by atoms with Gasteiger partial charge in [-0.15, -0.1) is 0 Å². The number of carbonyl (C=O) groups excluding carboxylic acids is 2. The van der Waals surface area contributed by atoms with Gasteiger partial charge in [-0.3, -0.25) is 0 Å². The maximum absolute atomic E-state index is 11.7. The summed E-state index contributed by atoms with van der Waals surface area (Å²) in [5.41, 5.74) is 0.0611. The molecular weight excluding hydrogens is 324 g/mol. The number of aliphatic hydroxyl groups excluding tert-OH is 3. The van der Waals surface area contributed by atoms with E-state index in [0.29, 0.717) is 0 Å². The number of rotatable bonds is 4. The molecule has 0 aromatic heterocycles. The summed E-state index contributed by atoms with van der Waals surface area (Å²) in [6, 6.07) is 6.00. The van der Waals surface area contributed by atoms with Gasteiger partial charge in [-0.1, -0.05) is 12.1 Å². The summed E-state index contributed by atoms with van der Waals surface area (Å²) in [5.74, 6) is -1.61. The second kappa shape index (κ2) is 7.58. The zero-order valence-electron chi connectivity index (χ0n) is 13.0. The lowest BCUT2D eigenvalue weighted by Crippen LogP contribution is -2.61. The summed E-state index contributed by atoms with van der Waals surface area (Å²) >= 11 is 0. The fourth-order valence-corrected chi connectivity index (χ4v) is 2.23. The third-order valence-corrected chi connectivity index (χ3v) is 3.54. The number of aliphatic hydroxyl groups is 3. The highest BCUT2D eigenvalue weighted by Crippen LogP contribution is 2.27. The Morgan fingerprint density at radius 1 is 1.00 bits per heavy atom. The van der Waals surface area contributed by atoms with E-state index in [1.54, 1.807) is 12.1 Å². The van der Waals surface area contributed by atoms with Crippen molar-refractivity contribution in [3.8, 4) is 5.75 Å². The van der Waals surface area contributed by atoms with Gasteiger partial charge in [0.1, 0.15) is 29.6 Å². The second-order valence-corrected chi connectivity index (χ2v) is 5.03. The Labute approximate surface area is 137 Å². The molecule has 5 atom stereocenters. The molecule has 1 fully saturated rings. The van der Waals surface area contributed by atoms with Crippen molar-refractivity contribution < 1.29 is 43.9 Å². The molecule has 0 bridgehead atoms. The molecule has 9 nitrogen and oxygen atoms in total. The number of carbonyl (C=O) groups is 2. The Kier molecular flexibility index (Phi) is 5.73. The highest BCUT2D eigenvalue weighted by molar-refractivity contribution is 5.92. The second-order valence-electron chi connectivity index (χ2n) is 5.03. The van der Waals surface area contributed by atoms with Crippen LogP contribution in [0.25, 0.3) is 0 Å². The van der Waals surface area contributed by atoms with Crippen molar-refractivity contribution in [2.24, 2.45) is 0 Å². The fourth-order valence-electron chi connectivity index (χ4n) is 2.23. The van der Waals surface area contributed by atoms with Gasteiger partial charge in [0, 0.05) is 0 Å². The van der Waals surface area contributed by atoms with Crippen LogP contribution in [0.1, 0.15) is 10.4 Å².